The summed E-state index contributed by atoms with van der Waals surface area (Å²) in [6.07, 6.45) is 6.04. The molecule has 20 heavy (non-hydrogen) atoms. The monoisotopic (exact) mass is 271 g/mol. The smallest absolute Gasteiger partial charge is 0.229 e. The molecule has 1 fully saturated rings. The Labute approximate surface area is 117 Å². The predicted octanol–water partition coefficient (Wildman–Crippen LogP) is 1.20. The lowest BCUT2D eigenvalue weighted by atomic mass is 10.0. The summed E-state index contributed by atoms with van der Waals surface area (Å²) < 4.78 is 1.64. The summed E-state index contributed by atoms with van der Waals surface area (Å²) in [6, 6.07) is 5.68. The van der Waals surface area contributed by atoms with Crippen molar-refractivity contribution < 1.29 is 4.79 Å². The van der Waals surface area contributed by atoms with Gasteiger partial charge in [-0.05, 0) is 38.1 Å². The van der Waals surface area contributed by atoms with Gasteiger partial charge in [0.15, 0.2) is 5.82 Å². The second kappa shape index (κ2) is 5.42. The number of hydrogen-bond acceptors (Lipinski definition) is 4. The van der Waals surface area contributed by atoms with Gasteiger partial charge in [0.2, 0.25) is 5.91 Å². The molecule has 3 rings (SSSR count). The average molecular weight is 271 g/mol. The molecule has 2 N–H and O–H groups in total. The number of rotatable bonds is 3. The van der Waals surface area contributed by atoms with Crippen LogP contribution in [0.3, 0.4) is 0 Å². The van der Waals surface area contributed by atoms with Crippen molar-refractivity contribution >= 4 is 11.6 Å². The summed E-state index contributed by atoms with van der Waals surface area (Å²) in [6.45, 7) is 2.92. The lowest BCUT2D eigenvalue weighted by Gasteiger charge is -2.16. The van der Waals surface area contributed by atoms with Gasteiger partial charge in [-0.25, -0.2) is 9.67 Å². The van der Waals surface area contributed by atoms with Gasteiger partial charge in [-0.3, -0.25) is 4.79 Å². The van der Waals surface area contributed by atoms with Crippen molar-refractivity contribution in [3.63, 3.8) is 0 Å². The maximum absolute atomic E-state index is 12.3. The predicted molar refractivity (Wildman–Crippen MR) is 75.6 cm³/mol. The summed E-state index contributed by atoms with van der Waals surface area (Å²) in [7, 11) is 0. The van der Waals surface area contributed by atoms with Crippen LogP contribution in [0.5, 0.6) is 0 Å². The molecule has 0 spiro atoms. The molecule has 1 aliphatic heterocycles. The van der Waals surface area contributed by atoms with E-state index in [0.717, 1.165) is 13.0 Å². The van der Waals surface area contributed by atoms with Crippen molar-refractivity contribution in [2.45, 2.75) is 19.4 Å². The van der Waals surface area contributed by atoms with Crippen LogP contribution in [0.25, 0.3) is 5.82 Å². The van der Waals surface area contributed by atoms with Gasteiger partial charge in [-0.15, -0.1) is 0 Å². The highest BCUT2D eigenvalue weighted by Gasteiger charge is 2.29. The fourth-order valence-corrected chi connectivity index (χ4v) is 2.51. The minimum absolute atomic E-state index is 0.000627. The van der Waals surface area contributed by atoms with E-state index in [9.17, 15) is 4.79 Å². The fourth-order valence-electron chi connectivity index (χ4n) is 2.51. The zero-order chi connectivity index (χ0) is 13.9. The molecule has 104 valence electrons. The van der Waals surface area contributed by atoms with E-state index in [1.165, 1.54) is 0 Å². The van der Waals surface area contributed by atoms with Crippen molar-refractivity contribution in [2.24, 2.45) is 5.92 Å². The molecule has 6 nitrogen and oxygen atoms in total. The van der Waals surface area contributed by atoms with E-state index < -0.39 is 0 Å². The Balaban J connectivity index is 1.83. The standard InChI is InChI=1S/C14H17N5O/c1-10-11(5-8-15-10)14(20)18-12-4-2-6-16-13(12)19-9-3-7-17-19/h2-4,6-7,9-11,15H,5,8H2,1H3,(H,18,20). The number of amides is 1. The van der Waals surface area contributed by atoms with E-state index in [1.807, 2.05) is 19.1 Å². The van der Waals surface area contributed by atoms with Crippen LogP contribution in [0, 0.1) is 5.92 Å². The van der Waals surface area contributed by atoms with Crippen LogP contribution in [0.4, 0.5) is 5.69 Å². The van der Waals surface area contributed by atoms with Crippen LogP contribution in [-0.4, -0.2) is 33.3 Å². The molecule has 1 amide bonds. The molecular weight excluding hydrogens is 254 g/mol. The van der Waals surface area contributed by atoms with Gasteiger partial charge in [0.05, 0.1) is 11.6 Å². The largest absolute Gasteiger partial charge is 0.323 e. The number of carbonyl (C=O) groups is 1. The molecule has 1 saturated heterocycles. The number of carbonyl (C=O) groups excluding carboxylic acids is 1. The van der Waals surface area contributed by atoms with Gasteiger partial charge >= 0.3 is 0 Å². The molecule has 2 aromatic heterocycles. The van der Waals surface area contributed by atoms with Crippen molar-refractivity contribution in [1.82, 2.24) is 20.1 Å². The maximum atomic E-state index is 12.3. The van der Waals surface area contributed by atoms with Crippen LogP contribution in [0.15, 0.2) is 36.8 Å². The van der Waals surface area contributed by atoms with E-state index in [-0.39, 0.29) is 17.9 Å². The van der Waals surface area contributed by atoms with Crippen LogP contribution in [0.2, 0.25) is 0 Å². The van der Waals surface area contributed by atoms with E-state index >= 15 is 0 Å². The summed E-state index contributed by atoms with van der Waals surface area (Å²) >= 11 is 0. The van der Waals surface area contributed by atoms with Gasteiger partial charge in [-0.1, -0.05) is 0 Å². The van der Waals surface area contributed by atoms with Gasteiger partial charge in [0, 0.05) is 24.6 Å². The van der Waals surface area contributed by atoms with Crippen molar-refractivity contribution in [3.05, 3.63) is 36.8 Å². The molecule has 6 heteroatoms. The number of pyridine rings is 1. The molecule has 0 radical (unpaired) electrons. The molecule has 2 atom stereocenters. The first-order valence-electron chi connectivity index (χ1n) is 6.75. The van der Waals surface area contributed by atoms with E-state index in [4.69, 9.17) is 0 Å². The Kier molecular flexibility index (Phi) is 3.47. The van der Waals surface area contributed by atoms with E-state index in [1.54, 1.807) is 29.3 Å². The molecule has 0 aliphatic carbocycles. The van der Waals surface area contributed by atoms with Crippen LogP contribution >= 0.6 is 0 Å². The number of nitrogens with one attached hydrogen (secondary N) is 2. The molecule has 0 bridgehead atoms. The first-order valence-corrected chi connectivity index (χ1v) is 6.75. The van der Waals surface area contributed by atoms with Crippen LogP contribution < -0.4 is 10.6 Å². The topological polar surface area (TPSA) is 71.8 Å². The van der Waals surface area contributed by atoms with Crippen LogP contribution in [-0.2, 0) is 4.79 Å². The zero-order valence-corrected chi connectivity index (χ0v) is 11.3. The molecular formula is C14H17N5O. The molecule has 2 unspecified atom stereocenters. The molecule has 0 aromatic carbocycles. The molecule has 3 heterocycles. The van der Waals surface area contributed by atoms with Gasteiger partial charge in [-0.2, -0.15) is 5.10 Å². The third-order valence-electron chi connectivity index (χ3n) is 3.63. The Morgan fingerprint density at radius 3 is 3.05 bits per heavy atom. The Hall–Kier alpha value is -2.21. The van der Waals surface area contributed by atoms with Crippen LogP contribution in [0.1, 0.15) is 13.3 Å². The molecule has 0 saturated carbocycles. The van der Waals surface area contributed by atoms with Crippen molar-refractivity contribution in [2.75, 3.05) is 11.9 Å². The fraction of sp³-hybridized carbons (Fsp3) is 0.357. The van der Waals surface area contributed by atoms with Crippen molar-refractivity contribution in [3.8, 4) is 5.82 Å². The Bertz CT molecular complexity index is 595. The highest BCUT2D eigenvalue weighted by Crippen LogP contribution is 2.21. The Morgan fingerprint density at radius 1 is 1.45 bits per heavy atom. The zero-order valence-electron chi connectivity index (χ0n) is 11.3. The first-order chi connectivity index (χ1) is 9.75. The van der Waals surface area contributed by atoms with E-state index in [0.29, 0.717) is 11.5 Å². The lowest BCUT2D eigenvalue weighted by molar-refractivity contribution is -0.120. The summed E-state index contributed by atoms with van der Waals surface area (Å²) in [4.78, 5) is 16.6. The third-order valence-corrected chi connectivity index (χ3v) is 3.63. The summed E-state index contributed by atoms with van der Waals surface area (Å²) in [5.41, 5.74) is 0.681. The summed E-state index contributed by atoms with van der Waals surface area (Å²) in [5, 5.41) is 10.4. The first kappa shape index (κ1) is 12.8. The number of anilines is 1. The van der Waals surface area contributed by atoms with E-state index in [2.05, 4.69) is 20.7 Å². The maximum Gasteiger partial charge on any atom is 0.229 e. The quantitative estimate of drug-likeness (QED) is 0.880. The molecule has 2 aromatic rings. The lowest BCUT2D eigenvalue weighted by Crippen LogP contribution is -2.32. The highest BCUT2D eigenvalue weighted by atomic mass is 16.2. The van der Waals surface area contributed by atoms with Crippen molar-refractivity contribution in [1.29, 1.82) is 0 Å². The minimum atomic E-state index is 0.000627. The summed E-state index contributed by atoms with van der Waals surface area (Å²) in [5.74, 6) is 0.661. The average Bonchev–Trinajstić information content (AvgIpc) is 3.10. The second-order valence-electron chi connectivity index (χ2n) is 4.95. The number of nitrogens with zero attached hydrogens (tertiary/aromatic N) is 3. The normalized spacial score (nSPS) is 21.9. The van der Waals surface area contributed by atoms with Gasteiger partial charge in [0.1, 0.15) is 0 Å². The minimum Gasteiger partial charge on any atom is -0.323 e. The Morgan fingerprint density at radius 2 is 2.35 bits per heavy atom. The third kappa shape index (κ3) is 2.42. The van der Waals surface area contributed by atoms with Gasteiger partial charge in [0.25, 0.3) is 0 Å². The SMILES string of the molecule is CC1NCCC1C(=O)Nc1cccnc1-n1cccn1. The number of hydrogen-bond donors (Lipinski definition) is 2. The van der Waals surface area contributed by atoms with Gasteiger partial charge < -0.3 is 10.6 Å². The second-order valence-corrected chi connectivity index (χ2v) is 4.95. The molecule has 1 aliphatic rings. The number of aromatic nitrogens is 3. The highest BCUT2D eigenvalue weighted by molar-refractivity contribution is 5.94.